The van der Waals surface area contributed by atoms with Crippen molar-refractivity contribution in [3.05, 3.63) is 92.7 Å². The number of nitrogens with zero attached hydrogens (tertiary/aromatic N) is 2. The van der Waals surface area contributed by atoms with E-state index in [4.69, 9.17) is 18.9 Å². The number of rotatable bonds is 7. The Morgan fingerprint density at radius 2 is 1.62 bits per heavy atom. The van der Waals surface area contributed by atoms with Gasteiger partial charge in [0.2, 0.25) is 5.91 Å². The van der Waals surface area contributed by atoms with E-state index in [2.05, 4.69) is 5.32 Å². The largest absolute Gasteiger partial charge is 0.497 e. The Morgan fingerprint density at radius 3 is 2.30 bits per heavy atom. The molecule has 5 rings (SSSR count). The van der Waals surface area contributed by atoms with Gasteiger partial charge in [0.15, 0.2) is 0 Å². The normalized spacial score (nSPS) is 18.9. The first kappa shape index (κ1) is 26.5. The number of nitro benzene ring substituents is 1. The van der Waals surface area contributed by atoms with E-state index in [1.54, 1.807) is 42.5 Å². The molecule has 0 aliphatic carbocycles. The van der Waals surface area contributed by atoms with Gasteiger partial charge in [-0.3, -0.25) is 19.7 Å². The number of non-ortho nitro benzene ring substituents is 1. The summed E-state index contributed by atoms with van der Waals surface area (Å²) in [7, 11) is 6.04. The molecule has 11 nitrogen and oxygen atoms in total. The van der Waals surface area contributed by atoms with Crippen LogP contribution in [0.4, 0.5) is 5.69 Å². The Balaban J connectivity index is 1.73. The van der Waals surface area contributed by atoms with Gasteiger partial charge in [-0.2, -0.15) is 0 Å². The van der Waals surface area contributed by atoms with Crippen LogP contribution in [-0.2, 0) is 16.0 Å². The van der Waals surface area contributed by atoms with E-state index < -0.39 is 28.8 Å². The molecule has 2 aliphatic rings. The minimum absolute atomic E-state index is 0.0218. The highest BCUT2D eigenvalue weighted by Gasteiger charge is 2.48. The van der Waals surface area contributed by atoms with Crippen molar-refractivity contribution >= 4 is 23.6 Å². The first-order chi connectivity index (χ1) is 19.3. The van der Waals surface area contributed by atoms with Crippen LogP contribution in [0.25, 0.3) is 6.08 Å². The third-order valence-corrected chi connectivity index (χ3v) is 7.16. The number of benzene rings is 3. The summed E-state index contributed by atoms with van der Waals surface area (Å²) in [6, 6.07) is 12.8. The SMILES string of the molecule is COc1ccc(OC)c(/C=C2\NC(=O)[C@H]3Cc4c(OC)ccc(OC)c4[C@H](c4cccc([N+](=O)[O-])c4)N3C2=O)c1. The summed E-state index contributed by atoms with van der Waals surface area (Å²) in [5.74, 6) is 1.12. The van der Waals surface area contributed by atoms with Gasteiger partial charge in [-0.05, 0) is 42.0 Å². The third-order valence-electron chi connectivity index (χ3n) is 7.16. The van der Waals surface area contributed by atoms with E-state index in [1.165, 1.54) is 51.5 Å². The lowest BCUT2D eigenvalue weighted by molar-refractivity contribution is -0.384. The number of carbonyl (C=O) groups excluding carboxylic acids is 2. The quantitative estimate of drug-likeness (QED) is 0.271. The maximum atomic E-state index is 14.2. The Kier molecular flexibility index (Phi) is 7.03. The van der Waals surface area contributed by atoms with Crippen LogP contribution >= 0.6 is 0 Å². The lowest BCUT2D eigenvalue weighted by atomic mass is 9.81. The molecule has 1 fully saturated rings. The summed E-state index contributed by atoms with van der Waals surface area (Å²) in [4.78, 5) is 40.4. The van der Waals surface area contributed by atoms with Crippen LogP contribution in [0.15, 0.2) is 60.3 Å². The molecule has 0 unspecified atom stereocenters. The standard InChI is InChI=1S/C29H27N3O8/c1-37-19-8-9-23(38-2)17(13-19)14-21-29(34)31-22(28(33)30-21)15-20-24(39-3)10-11-25(40-4)26(20)27(31)16-6-5-7-18(12-16)32(35)36/h5-14,22,27H,15H2,1-4H3,(H,30,33)/b21-14-/t22-,27+/m1/s1. The van der Waals surface area contributed by atoms with Crippen LogP contribution in [0.2, 0.25) is 0 Å². The molecule has 2 atom stereocenters. The van der Waals surface area contributed by atoms with Crippen molar-refractivity contribution in [2.24, 2.45) is 0 Å². The van der Waals surface area contributed by atoms with Gasteiger partial charge in [0, 0.05) is 35.2 Å². The number of fused-ring (bicyclic) bond motifs is 2. The second-order valence-corrected chi connectivity index (χ2v) is 9.20. The number of carbonyl (C=O) groups is 2. The summed E-state index contributed by atoms with van der Waals surface area (Å²) < 4.78 is 22.1. The second-order valence-electron chi connectivity index (χ2n) is 9.20. The average molecular weight is 546 g/mol. The molecule has 1 N–H and O–H groups in total. The highest BCUT2D eigenvalue weighted by Crippen LogP contribution is 2.47. The predicted molar refractivity (Wildman–Crippen MR) is 144 cm³/mol. The summed E-state index contributed by atoms with van der Waals surface area (Å²) >= 11 is 0. The maximum absolute atomic E-state index is 14.2. The lowest BCUT2D eigenvalue weighted by Gasteiger charge is -2.46. The second kappa shape index (κ2) is 10.6. The van der Waals surface area contributed by atoms with E-state index in [1.807, 2.05) is 0 Å². The molecular formula is C29H27N3O8. The molecule has 2 heterocycles. The van der Waals surface area contributed by atoms with Crippen molar-refractivity contribution in [1.82, 2.24) is 10.2 Å². The minimum atomic E-state index is -0.908. The number of nitrogens with one attached hydrogen (secondary N) is 1. The van der Waals surface area contributed by atoms with Crippen LogP contribution in [0, 0.1) is 10.1 Å². The maximum Gasteiger partial charge on any atom is 0.271 e. The molecule has 0 radical (unpaired) electrons. The van der Waals surface area contributed by atoms with Crippen molar-refractivity contribution in [3.63, 3.8) is 0 Å². The Labute approximate surface area is 230 Å². The molecule has 2 aliphatic heterocycles. The van der Waals surface area contributed by atoms with Crippen LogP contribution in [0.5, 0.6) is 23.0 Å². The van der Waals surface area contributed by atoms with E-state index in [-0.39, 0.29) is 17.8 Å². The van der Waals surface area contributed by atoms with Gasteiger partial charge in [0.1, 0.15) is 34.7 Å². The molecule has 0 aromatic heterocycles. The number of hydrogen-bond donors (Lipinski definition) is 1. The van der Waals surface area contributed by atoms with Gasteiger partial charge < -0.3 is 29.2 Å². The van der Waals surface area contributed by atoms with E-state index in [9.17, 15) is 19.7 Å². The van der Waals surface area contributed by atoms with Crippen LogP contribution in [-0.4, -0.2) is 56.1 Å². The van der Waals surface area contributed by atoms with Crippen LogP contribution < -0.4 is 24.3 Å². The molecule has 3 aromatic rings. The van der Waals surface area contributed by atoms with Gasteiger partial charge >= 0.3 is 0 Å². The Morgan fingerprint density at radius 1 is 0.925 bits per heavy atom. The molecule has 11 heteroatoms. The monoisotopic (exact) mass is 545 g/mol. The fraction of sp³-hybridized carbons (Fsp3) is 0.241. The zero-order valence-electron chi connectivity index (χ0n) is 22.3. The van der Waals surface area contributed by atoms with Crippen molar-refractivity contribution in [2.45, 2.75) is 18.5 Å². The van der Waals surface area contributed by atoms with Gasteiger partial charge in [0.25, 0.3) is 11.6 Å². The number of ether oxygens (including phenoxy) is 4. The van der Waals surface area contributed by atoms with Gasteiger partial charge in [0.05, 0.1) is 39.4 Å². The fourth-order valence-electron chi connectivity index (χ4n) is 5.34. The first-order valence-electron chi connectivity index (χ1n) is 12.4. The van der Waals surface area contributed by atoms with Gasteiger partial charge in [-0.25, -0.2) is 0 Å². The Bertz CT molecular complexity index is 1550. The molecule has 0 spiro atoms. The topological polar surface area (TPSA) is 129 Å². The molecule has 3 aromatic carbocycles. The van der Waals surface area contributed by atoms with E-state index in [0.29, 0.717) is 45.3 Å². The predicted octanol–water partition coefficient (Wildman–Crippen LogP) is 3.64. The van der Waals surface area contributed by atoms with Crippen molar-refractivity contribution in [3.8, 4) is 23.0 Å². The van der Waals surface area contributed by atoms with E-state index in [0.717, 1.165) is 0 Å². The Hall–Kier alpha value is -5.06. The third kappa shape index (κ3) is 4.45. The summed E-state index contributed by atoms with van der Waals surface area (Å²) in [5.41, 5.74) is 2.13. The minimum Gasteiger partial charge on any atom is -0.497 e. The molecular weight excluding hydrogens is 518 g/mol. The highest BCUT2D eigenvalue weighted by molar-refractivity contribution is 6.08. The summed E-state index contributed by atoms with van der Waals surface area (Å²) in [5, 5.41) is 14.4. The zero-order valence-corrected chi connectivity index (χ0v) is 22.3. The number of hydrogen-bond acceptors (Lipinski definition) is 8. The molecule has 2 amide bonds. The van der Waals surface area contributed by atoms with Gasteiger partial charge in [-0.1, -0.05) is 12.1 Å². The summed E-state index contributed by atoms with van der Waals surface area (Å²) in [6.07, 6.45) is 1.69. The fourth-order valence-corrected chi connectivity index (χ4v) is 5.34. The first-order valence-corrected chi connectivity index (χ1v) is 12.4. The van der Waals surface area contributed by atoms with Crippen LogP contribution in [0.1, 0.15) is 28.3 Å². The molecule has 0 saturated carbocycles. The van der Waals surface area contributed by atoms with E-state index >= 15 is 0 Å². The molecule has 1 saturated heterocycles. The lowest BCUT2D eigenvalue weighted by Crippen LogP contribution is -2.60. The number of nitro groups is 1. The van der Waals surface area contributed by atoms with Crippen LogP contribution in [0.3, 0.4) is 0 Å². The summed E-state index contributed by atoms with van der Waals surface area (Å²) in [6.45, 7) is 0. The zero-order chi connectivity index (χ0) is 28.6. The number of methoxy groups -OCH3 is 4. The van der Waals surface area contributed by atoms with Gasteiger partial charge in [-0.15, -0.1) is 0 Å². The van der Waals surface area contributed by atoms with Crippen molar-refractivity contribution in [2.75, 3.05) is 28.4 Å². The number of amides is 2. The highest BCUT2D eigenvalue weighted by atomic mass is 16.6. The molecule has 40 heavy (non-hydrogen) atoms. The smallest absolute Gasteiger partial charge is 0.271 e. The van der Waals surface area contributed by atoms with Crippen molar-refractivity contribution in [1.29, 1.82) is 0 Å². The van der Waals surface area contributed by atoms with Crippen molar-refractivity contribution < 1.29 is 33.5 Å². The number of piperazine rings is 1. The molecule has 206 valence electrons. The molecule has 0 bridgehead atoms. The average Bonchev–Trinajstić information content (AvgIpc) is 2.98.